The van der Waals surface area contributed by atoms with E-state index in [1.54, 1.807) is 0 Å². The first-order valence-corrected chi connectivity index (χ1v) is 2.94. The average molecular weight is 127 g/mol. The summed E-state index contributed by atoms with van der Waals surface area (Å²) in [6.45, 7) is 7.92. The van der Waals surface area contributed by atoms with Crippen molar-refractivity contribution in [3.05, 3.63) is 24.9 Å². The number of rotatable bonds is 5. The molecular weight excluding hydrogens is 114 g/mol. The number of aliphatic hydroxyl groups excluding tert-OH is 1. The van der Waals surface area contributed by atoms with Gasteiger partial charge in [-0.05, 0) is 6.42 Å². The number of hydrogen-bond acceptors (Lipinski definition) is 2. The van der Waals surface area contributed by atoms with Crippen LogP contribution in [0.4, 0.5) is 0 Å². The summed E-state index contributed by atoms with van der Waals surface area (Å²) in [6.07, 6.45) is 2.72. The van der Waals surface area contributed by atoms with Gasteiger partial charge in [-0.3, -0.25) is 0 Å². The predicted molar refractivity (Wildman–Crippen MR) is 39.0 cm³/mol. The fourth-order valence-corrected chi connectivity index (χ4v) is 0.407. The van der Waals surface area contributed by atoms with Crippen molar-refractivity contribution in [2.75, 3.05) is 13.2 Å². The van der Waals surface area contributed by atoms with Crippen LogP contribution in [0.5, 0.6) is 0 Å². The highest BCUT2D eigenvalue weighted by Crippen LogP contribution is 1.81. The van der Waals surface area contributed by atoms with Gasteiger partial charge in [-0.2, -0.15) is 0 Å². The van der Waals surface area contributed by atoms with Crippen molar-refractivity contribution < 1.29 is 5.11 Å². The molecule has 0 heterocycles. The summed E-state index contributed by atoms with van der Waals surface area (Å²) >= 11 is 0. The summed E-state index contributed by atoms with van der Waals surface area (Å²) < 4.78 is 0. The lowest BCUT2D eigenvalue weighted by atomic mass is 10.4. The van der Waals surface area contributed by atoms with Gasteiger partial charge in [0.2, 0.25) is 0 Å². The smallest absolute Gasteiger partial charge is 0.0821 e. The van der Waals surface area contributed by atoms with E-state index in [1.807, 2.05) is 6.08 Å². The molecule has 0 aliphatic rings. The second-order valence-corrected chi connectivity index (χ2v) is 1.77. The largest absolute Gasteiger partial charge is 0.390 e. The van der Waals surface area contributed by atoms with Gasteiger partial charge in [-0.1, -0.05) is 12.7 Å². The topological polar surface area (TPSA) is 32.3 Å². The van der Waals surface area contributed by atoms with Gasteiger partial charge < -0.3 is 10.4 Å². The van der Waals surface area contributed by atoms with Crippen molar-refractivity contribution in [3.8, 4) is 0 Å². The molecule has 0 saturated heterocycles. The second kappa shape index (κ2) is 5.38. The molecule has 0 aromatic heterocycles. The highest BCUT2D eigenvalue weighted by Gasteiger charge is 1.85. The molecule has 2 heteroatoms. The van der Waals surface area contributed by atoms with E-state index in [-0.39, 0.29) is 6.61 Å². The zero-order valence-corrected chi connectivity index (χ0v) is 5.56. The molecule has 52 valence electrons. The lowest BCUT2D eigenvalue weighted by Gasteiger charge is -2.02. The molecule has 0 fully saturated rings. The van der Waals surface area contributed by atoms with Crippen LogP contribution in [0.1, 0.15) is 6.42 Å². The van der Waals surface area contributed by atoms with Crippen LogP contribution in [0.15, 0.2) is 24.9 Å². The van der Waals surface area contributed by atoms with Crippen LogP contribution in [0.2, 0.25) is 0 Å². The molecule has 0 aromatic carbocycles. The van der Waals surface area contributed by atoms with Gasteiger partial charge >= 0.3 is 0 Å². The third-order valence-corrected chi connectivity index (χ3v) is 0.914. The Kier molecular flexibility index (Phi) is 4.92. The summed E-state index contributed by atoms with van der Waals surface area (Å²) in [5, 5.41) is 11.4. The van der Waals surface area contributed by atoms with Gasteiger partial charge in [-0.15, -0.1) is 6.58 Å². The van der Waals surface area contributed by atoms with E-state index in [1.165, 1.54) is 0 Å². The van der Waals surface area contributed by atoms with Crippen LogP contribution >= 0.6 is 0 Å². The molecule has 0 rings (SSSR count). The summed E-state index contributed by atoms with van der Waals surface area (Å²) in [5.74, 6) is 0. The molecule has 0 amide bonds. The third kappa shape index (κ3) is 5.11. The molecule has 0 spiro atoms. The van der Waals surface area contributed by atoms with E-state index in [0.717, 1.165) is 13.0 Å². The summed E-state index contributed by atoms with van der Waals surface area (Å²) in [5.41, 5.74) is 0.664. The Balaban J connectivity index is 3.06. The van der Waals surface area contributed by atoms with Gasteiger partial charge in [0.25, 0.3) is 0 Å². The van der Waals surface area contributed by atoms with Crippen LogP contribution < -0.4 is 5.32 Å². The van der Waals surface area contributed by atoms with Crippen molar-refractivity contribution in [2.24, 2.45) is 0 Å². The zero-order valence-electron chi connectivity index (χ0n) is 5.56. The van der Waals surface area contributed by atoms with Crippen LogP contribution in [-0.4, -0.2) is 18.3 Å². The number of nitrogens with one attached hydrogen (secondary N) is 1. The average Bonchev–Trinajstić information content (AvgIpc) is 1.89. The Hall–Kier alpha value is -0.760. The van der Waals surface area contributed by atoms with Crippen molar-refractivity contribution in [3.63, 3.8) is 0 Å². The molecule has 0 aliphatic carbocycles. The molecule has 0 aliphatic heterocycles. The highest BCUT2D eigenvalue weighted by molar-refractivity contribution is 4.90. The monoisotopic (exact) mass is 127 g/mol. The first-order valence-electron chi connectivity index (χ1n) is 2.94. The van der Waals surface area contributed by atoms with E-state index < -0.39 is 0 Å². The molecule has 0 unspecified atom stereocenters. The lowest BCUT2D eigenvalue weighted by molar-refractivity contribution is 0.322. The Labute approximate surface area is 55.9 Å². The minimum atomic E-state index is 0.0111. The molecule has 0 atom stereocenters. The van der Waals surface area contributed by atoms with Crippen LogP contribution in [0.25, 0.3) is 0 Å². The zero-order chi connectivity index (χ0) is 7.11. The molecule has 0 bridgehead atoms. The van der Waals surface area contributed by atoms with Crippen LogP contribution in [0.3, 0.4) is 0 Å². The molecule has 0 aromatic rings. The van der Waals surface area contributed by atoms with E-state index >= 15 is 0 Å². The van der Waals surface area contributed by atoms with Crippen molar-refractivity contribution in [1.29, 1.82) is 0 Å². The van der Waals surface area contributed by atoms with E-state index in [2.05, 4.69) is 18.5 Å². The maximum absolute atomic E-state index is 8.45. The molecule has 0 radical (unpaired) electrons. The Morgan fingerprint density at radius 2 is 2.33 bits per heavy atom. The standard InChI is InChI=1S/C7H13NO/c1-3-4-5-8-7(2)6-9/h3,8-9H,1-2,4-6H2. The molecule has 2 nitrogen and oxygen atoms in total. The number of hydrogen-bond donors (Lipinski definition) is 2. The minimum absolute atomic E-state index is 0.0111. The molecule has 9 heavy (non-hydrogen) atoms. The first kappa shape index (κ1) is 8.24. The van der Waals surface area contributed by atoms with E-state index in [4.69, 9.17) is 5.11 Å². The number of aliphatic hydroxyl groups is 1. The SMILES string of the molecule is C=CCCNC(=C)CO. The third-order valence-electron chi connectivity index (χ3n) is 0.914. The Morgan fingerprint density at radius 1 is 1.67 bits per heavy atom. The summed E-state index contributed by atoms with van der Waals surface area (Å²) in [7, 11) is 0. The lowest BCUT2D eigenvalue weighted by Crippen LogP contribution is -2.15. The van der Waals surface area contributed by atoms with Crippen LogP contribution in [0, 0.1) is 0 Å². The van der Waals surface area contributed by atoms with E-state index in [0.29, 0.717) is 5.70 Å². The Morgan fingerprint density at radius 3 is 2.78 bits per heavy atom. The van der Waals surface area contributed by atoms with Crippen LogP contribution in [-0.2, 0) is 0 Å². The first-order chi connectivity index (χ1) is 4.31. The van der Waals surface area contributed by atoms with Gasteiger partial charge in [0.05, 0.1) is 6.61 Å². The minimum Gasteiger partial charge on any atom is -0.390 e. The van der Waals surface area contributed by atoms with Crippen molar-refractivity contribution in [1.82, 2.24) is 5.32 Å². The quantitative estimate of drug-likeness (QED) is 0.420. The van der Waals surface area contributed by atoms with E-state index in [9.17, 15) is 0 Å². The summed E-state index contributed by atoms with van der Waals surface area (Å²) in [4.78, 5) is 0. The van der Waals surface area contributed by atoms with Crippen molar-refractivity contribution >= 4 is 0 Å². The predicted octanol–water partition coefficient (Wildman–Crippen LogP) is 0.658. The summed E-state index contributed by atoms with van der Waals surface area (Å²) in [6, 6.07) is 0. The molecular formula is C7H13NO. The highest BCUT2D eigenvalue weighted by atomic mass is 16.3. The molecule has 0 saturated carbocycles. The van der Waals surface area contributed by atoms with Gasteiger partial charge in [0.1, 0.15) is 0 Å². The second-order valence-electron chi connectivity index (χ2n) is 1.77. The fraction of sp³-hybridized carbons (Fsp3) is 0.429. The van der Waals surface area contributed by atoms with Crippen molar-refractivity contribution in [2.45, 2.75) is 6.42 Å². The maximum atomic E-state index is 8.45. The van der Waals surface area contributed by atoms with Gasteiger partial charge in [0, 0.05) is 12.2 Å². The Bertz CT molecular complexity index is 99.1. The maximum Gasteiger partial charge on any atom is 0.0821 e. The fourth-order valence-electron chi connectivity index (χ4n) is 0.407. The normalized spacial score (nSPS) is 8.56. The van der Waals surface area contributed by atoms with Gasteiger partial charge in [-0.25, -0.2) is 0 Å². The molecule has 2 N–H and O–H groups in total. The van der Waals surface area contributed by atoms with Gasteiger partial charge in [0.15, 0.2) is 0 Å².